The molecule has 3 N–H and O–H groups in total. The number of carbonyl (C=O) groups is 2. The van der Waals surface area contributed by atoms with E-state index in [1.807, 2.05) is 31.2 Å². The first kappa shape index (κ1) is 20.8. The van der Waals surface area contributed by atoms with E-state index in [9.17, 15) is 19.7 Å². The molecule has 0 spiro atoms. The van der Waals surface area contributed by atoms with Gasteiger partial charge in [0, 0.05) is 17.8 Å². The van der Waals surface area contributed by atoms with Crippen molar-refractivity contribution >= 4 is 28.9 Å². The molecule has 0 heterocycles. The maximum Gasteiger partial charge on any atom is 0.279 e. The molecule has 28 heavy (non-hydrogen) atoms. The van der Waals surface area contributed by atoms with Crippen LogP contribution in [0.3, 0.4) is 0 Å². The molecule has 2 aromatic carbocycles. The Morgan fingerprint density at radius 2 is 1.68 bits per heavy atom. The van der Waals surface area contributed by atoms with Crippen molar-refractivity contribution in [3.63, 3.8) is 0 Å². The summed E-state index contributed by atoms with van der Waals surface area (Å²) in [5.74, 6) is -0.296. The zero-order valence-corrected chi connectivity index (χ0v) is 15.9. The van der Waals surface area contributed by atoms with Crippen LogP contribution in [0.2, 0.25) is 0 Å². The van der Waals surface area contributed by atoms with Gasteiger partial charge in [-0.2, -0.15) is 0 Å². The van der Waals surface area contributed by atoms with Crippen molar-refractivity contribution in [2.45, 2.75) is 6.92 Å². The minimum Gasteiger partial charge on any atom is -0.495 e. The highest BCUT2D eigenvalue weighted by Crippen LogP contribution is 2.28. The van der Waals surface area contributed by atoms with Gasteiger partial charge in [0.15, 0.2) is 13.1 Å². The van der Waals surface area contributed by atoms with Crippen LogP contribution in [0.1, 0.15) is 5.56 Å². The Hall–Kier alpha value is -3.46. The highest BCUT2D eigenvalue weighted by atomic mass is 16.6. The number of ether oxygens (including phenoxy) is 1. The van der Waals surface area contributed by atoms with Gasteiger partial charge in [0.2, 0.25) is 0 Å². The van der Waals surface area contributed by atoms with Crippen LogP contribution in [0.25, 0.3) is 0 Å². The number of nitrogens with one attached hydrogen (secondary N) is 3. The molecule has 1 unspecified atom stereocenters. The quantitative estimate of drug-likeness (QED) is 0.462. The zero-order valence-electron chi connectivity index (χ0n) is 15.9. The van der Waals surface area contributed by atoms with Crippen molar-refractivity contribution in [1.82, 2.24) is 0 Å². The molecule has 0 aliphatic carbocycles. The molecule has 0 aliphatic heterocycles. The number of carbonyl (C=O) groups excluding carboxylic acids is 2. The SMILES string of the molecule is COc1ccc([N+](=O)[O-])cc1NC(=O)C[NH+](C)CC(=O)Nc1ccc(C)cc1. The summed E-state index contributed by atoms with van der Waals surface area (Å²) in [6, 6.07) is 11.3. The minimum atomic E-state index is -0.554. The van der Waals surface area contributed by atoms with E-state index in [2.05, 4.69) is 10.6 Å². The number of likely N-dealkylation sites (N-methyl/N-ethyl adjacent to an activating group) is 1. The van der Waals surface area contributed by atoms with E-state index in [0.717, 1.165) is 5.56 Å². The molecular weight excluding hydrogens is 364 g/mol. The van der Waals surface area contributed by atoms with Crippen molar-refractivity contribution in [1.29, 1.82) is 0 Å². The predicted octanol–water partition coefficient (Wildman–Crippen LogP) is 1.00. The summed E-state index contributed by atoms with van der Waals surface area (Å²) in [5, 5.41) is 16.3. The summed E-state index contributed by atoms with van der Waals surface area (Å²) < 4.78 is 5.12. The lowest BCUT2D eigenvalue weighted by Crippen LogP contribution is -3.11. The van der Waals surface area contributed by atoms with Crippen LogP contribution in [0.5, 0.6) is 5.75 Å². The first-order chi connectivity index (χ1) is 13.3. The normalized spacial score (nSPS) is 11.4. The van der Waals surface area contributed by atoms with Gasteiger partial charge in [0.25, 0.3) is 17.5 Å². The largest absolute Gasteiger partial charge is 0.495 e. The molecule has 0 aliphatic rings. The maximum absolute atomic E-state index is 12.3. The molecule has 0 radical (unpaired) electrons. The van der Waals surface area contributed by atoms with Crippen molar-refractivity contribution in [2.75, 3.05) is 37.9 Å². The van der Waals surface area contributed by atoms with Gasteiger partial charge in [-0.05, 0) is 25.1 Å². The first-order valence-corrected chi connectivity index (χ1v) is 8.58. The molecular formula is C19H23N4O5+. The first-order valence-electron chi connectivity index (χ1n) is 8.58. The monoisotopic (exact) mass is 387 g/mol. The minimum absolute atomic E-state index is 0.00711. The number of nitrogens with zero attached hydrogens (tertiary/aromatic N) is 1. The molecule has 2 aromatic rings. The number of nitro benzene ring substituents is 1. The number of nitro groups is 1. The van der Waals surface area contributed by atoms with Crippen molar-refractivity contribution < 1.29 is 24.1 Å². The lowest BCUT2D eigenvalue weighted by atomic mass is 10.2. The standard InChI is InChI=1S/C19H22N4O5/c1-13-4-6-14(7-5-13)20-18(24)11-22(2)12-19(25)21-16-10-15(23(26)27)8-9-17(16)28-3/h4-10H,11-12H2,1-3H3,(H,20,24)(H,21,25)/p+1. The molecule has 0 fully saturated rings. The number of aryl methyl sites for hydroxylation is 1. The number of hydrogen-bond donors (Lipinski definition) is 3. The Labute approximate surface area is 162 Å². The summed E-state index contributed by atoms with van der Waals surface area (Å²) in [6.45, 7) is 2.05. The Kier molecular flexibility index (Phi) is 7.05. The van der Waals surface area contributed by atoms with Crippen LogP contribution in [0.15, 0.2) is 42.5 Å². The summed E-state index contributed by atoms with van der Waals surface area (Å²) in [4.78, 5) is 35.4. The third-order valence-electron chi connectivity index (χ3n) is 3.93. The van der Waals surface area contributed by atoms with Crippen LogP contribution in [-0.2, 0) is 9.59 Å². The average molecular weight is 387 g/mol. The molecule has 1 atom stereocenters. The molecule has 0 saturated heterocycles. The van der Waals surface area contributed by atoms with Gasteiger partial charge in [0.05, 0.1) is 24.8 Å². The van der Waals surface area contributed by atoms with E-state index in [-0.39, 0.29) is 36.3 Å². The van der Waals surface area contributed by atoms with Crippen molar-refractivity contribution in [3.05, 3.63) is 58.1 Å². The average Bonchev–Trinajstić information content (AvgIpc) is 2.63. The summed E-state index contributed by atoms with van der Waals surface area (Å²) in [7, 11) is 3.11. The van der Waals surface area contributed by atoms with Crippen LogP contribution < -0.4 is 20.3 Å². The van der Waals surface area contributed by atoms with E-state index in [4.69, 9.17) is 4.74 Å². The van der Waals surface area contributed by atoms with Crippen molar-refractivity contribution in [3.8, 4) is 5.75 Å². The highest BCUT2D eigenvalue weighted by molar-refractivity contribution is 5.94. The van der Waals surface area contributed by atoms with E-state index < -0.39 is 4.92 Å². The summed E-state index contributed by atoms with van der Waals surface area (Å²) in [6.07, 6.45) is 0. The van der Waals surface area contributed by atoms with Gasteiger partial charge in [-0.15, -0.1) is 0 Å². The third-order valence-corrected chi connectivity index (χ3v) is 3.93. The van der Waals surface area contributed by atoms with E-state index >= 15 is 0 Å². The number of anilines is 2. The number of hydrogen-bond acceptors (Lipinski definition) is 5. The van der Waals surface area contributed by atoms with Crippen LogP contribution in [-0.4, -0.2) is 44.0 Å². The Bertz CT molecular complexity index is 867. The number of quaternary nitrogens is 1. The third kappa shape index (κ3) is 6.06. The second kappa shape index (κ2) is 9.47. The fourth-order valence-electron chi connectivity index (χ4n) is 2.55. The fourth-order valence-corrected chi connectivity index (χ4v) is 2.55. The number of benzene rings is 2. The van der Waals surface area contributed by atoms with Gasteiger partial charge < -0.3 is 20.3 Å². The molecule has 9 heteroatoms. The molecule has 0 bridgehead atoms. The zero-order chi connectivity index (χ0) is 20.7. The molecule has 2 amide bonds. The molecule has 148 valence electrons. The van der Waals surface area contributed by atoms with Crippen molar-refractivity contribution in [2.24, 2.45) is 0 Å². The van der Waals surface area contributed by atoms with Crippen LogP contribution in [0.4, 0.5) is 17.1 Å². The second-order valence-electron chi connectivity index (χ2n) is 6.41. The topological polar surface area (TPSA) is 115 Å². The van der Waals surface area contributed by atoms with Gasteiger partial charge in [-0.25, -0.2) is 0 Å². The molecule has 0 aromatic heterocycles. The number of methoxy groups -OCH3 is 1. The number of non-ortho nitro benzene ring substituents is 1. The van der Waals surface area contributed by atoms with Gasteiger partial charge >= 0.3 is 0 Å². The van der Waals surface area contributed by atoms with Crippen LogP contribution >= 0.6 is 0 Å². The number of rotatable bonds is 8. The second-order valence-corrected chi connectivity index (χ2v) is 6.41. The van der Waals surface area contributed by atoms with Gasteiger partial charge in [0.1, 0.15) is 5.75 Å². The Morgan fingerprint density at radius 3 is 2.25 bits per heavy atom. The fraction of sp³-hybridized carbons (Fsp3) is 0.263. The summed E-state index contributed by atoms with van der Waals surface area (Å²) >= 11 is 0. The molecule has 0 saturated carbocycles. The smallest absolute Gasteiger partial charge is 0.279 e. The molecule has 2 rings (SSSR count). The lowest BCUT2D eigenvalue weighted by molar-refractivity contribution is -0.862. The number of amides is 2. The lowest BCUT2D eigenvalue weighted by Gasteiger charge is -2.15. The Morgan fingerprint density at radius 1 is 1.07 bits per heavy atom. The van der Waals surface area contributed by atoms with Crippen LogP contribution in [0, 0.1) is 17.0 Å². The highest BCUT2D eigenvalue weighted by Gasteiger charge is 2.18. The van der Waals surface area contributed by atoms with E-state index in [1.54, 1.807) is 7.05 Å². The molecule has 9 nitrogen and oxygen atoms in total. The predicted molar refractivity (Wildman–Crippen MR) is 105 cm³/mol. The Balaban J connectivity index is 1.91. The summed E-state index contributed by atoms with van der Waals surface area (Å²) in [5.41, 5.74) is 1.83. The van der Waals surface area contributed by atoms with E-state index in [1.165, 1.54) is 25.3 Å². The van der Waals surface area contributed by atoms with Gasteiger partial charge in [-0.1, -0.05) is 17.7 Å². The van der Waals surface area contributed by atoms with Gasteiger partial charge in [-0.3, -0.25) is 19.7 Å². The van der Waals surface area contributed by atoms with E-state index in [0.29, 0.717) is 16.3 Å². The maximum atomic E-state index is 12.3.